The Kier molecular flexibility index (Phi) is 4.92. The van der Waals surface area contributed by atoms with E-state index in [-0.39, 0.29) is 4.84 Å². The van der Waals surface area contributed by atoms with Crippen LogP contribution in [0.1, 0.15) is 31.2 Å². The molecule has 1 heterocycles. The van der Waals surface area contributed by atoms with Crippen LogP contribution in [-0.4, -0.2) is 28.0 Å². The molecule has 0 fully saturated rings. The molecular formula is C14H19N3O2S. The van der Waals surface area contributed by atoms with Gasteiger partial charge in [0.2, 0.25) is 5.89 Å². The molecule has 0 saturated heterocycles. The molecule has 0 bridgehead atoms. The maximum Gasteiger partial charge on any atom is 0.284 e. The largest absolute Gasteiger partial charge is 0.414 e. The molecule has 108 valence electrons. The number of aliphatic hydroxyl groups excluding tert-OH is 1. The van der Waals surface area contributed by atoms with E-state index in [1.165, 1.54) is 5.56 Å². The van der Waals surface area contributed by atoms with Crippen molar-refractivity contribution in [2.75, 3.05) is 11.9 Å². The minimum atomic E-state index is -0.582. The third kappa shape index (κ3) is 4.18. The minimum absolute atomic E-state index is 0.226. The number of nitrogens with one attached hydrogen (secondary N) is 2. The second-order valence-corrected chi connectivity index (χ2v) is 5.39. The number of aromatic nitrogens is 2. The van der Waals surface area contributed by atoms with Crippen LogP contribution in [0, 0.1) is 4.84 Å². The summed E-state index contributed by atoms with van der Waals surface area (Å²) in [5.74, 6) is 0.933. The molecule has 0 saturated carbocycles. The first-order valence-electron chi connectivity index (χ1n) is 6.61. The van der Waals surface area contributed by atoms with Crippen molar-refractivity contribution in [2.24, 2.45) is 0 Å². The number of hydrogen-bond donors (Lipinski definition) is 3. The van der Waals surface area contributed by atoms with Gasteiger partial charge in [0.1, 0.15) is 0 Å². The van der Waals surface area contributed by atoms with Crippen LogP contribution in [-0.2, 0) is 6.42 Å². The van der Waals surface area contributed by atoms with Gasteiger partial charge >= 0.3 is 0 Å². The average Bonchev–Trinajstić information content (AvgIpc) is 2.82. The van der Waals surface area contributed by atoms with Crippen LogP contribution in [0.2, 0.25) is 0 Å². The molecule has 5 nitrogen and oxygen atoms in total. The van der Waals surface area contributed by atoms with Crippen LogP contribution >= 0.6 is 12.2 Å². The van der Waals surface area contributed by atoms with E-state index < -0.39 is 6.10 Å². The number of nitrogens with zero attached hydrogens (tertiary/aromatic N) is 1. The van der Waals surface area contributed by atoms with E-state index in [0.717, 1.165) is 5.69 Å². The number of hydrogen-bond acceptors (Lipinski definition) is 5. The molecule has 1 aromatic carbocycles. The summed E-state index contributed by atoms with van der Waals surface area (Å²) in [6.45, 7) is 4.75. The molecule has 2 aromatic rings. The van der Waals surface area contributed by atoms with Crippen LogP contribution in [0.4, 0.5) is 5.69 Å². The lowest BCUT2D eigenvalue weighted by Crippen LogP contribution is -2.22. The molecule has 1 aromatic heterocycles. The summed E-state index contributed by atoms with van der Waals surface area (Å²) in [7, 11) is 0. The highest BCUT2D eigenvalue weighted by atomic mass is 32.1. The molecule has 0 amide bonds. The fraction of sp³-hybridized carbons (Fsp3) is 0.429. The van der Waals surface area contributed by atoms with E-state index in [0.29, 0.717) is 24.8 Å². The van der Waals surface area contributed by atoms with Crippen LogP contribution < -0.4 is 5.32 Å². The molecule has 6 heteroatoms. The number of benzene rings is 1. The molecule has 20 heavy (non-hydrogen) atoms. The van der Waals surface area contributed by atoms with Crippen molar-refractivity contribution < 1.29 is 9.52 Å². The Morgan fingerprint density at radius 1 is 1.35 bits per heavy atom. The predicted octanol–water partition coefficient (Wildman–Crippen LogP) is 2.87. The van der Waals surface area contributed by atoms with Crippen LogP contribution in [0.3, 0.4) is 0 Å². The molecule has 2 rings (SSSR count). The number of rotatable bonds is 6. The van der Waals surface area contributed by atoms with Gasteiger partial charge in [0.25, 0.3) is 4.84 Å². The lowest BCUT2D eigenvalue weighted by molar-refractivity contribution is 0.178. The maximum atomic E-state index is 9.91. The Morgan fingerprint density at radius 2 is 2.05 bits per heavy atom. The van der Waals surface area contributed by atoms with Gasteiger partial charge in [-0.15, -0.1) is 5.10 Å². The molecule has 0 aliphatic rings. The second-order valence-electron chi connectivity index (χ2n) is 5.02. The molecule has 1 atom stereocenters. The Bertz CT molecular complexity index is 589. The van der Waals surface area contributed by atoms with Crippen molar-refractivity contribution in [1.29, 1.82) is 0 Å². The van der Waals surface area contributed by atoms with Gasteiger partial charge in [0, 0.05) is 12.2 Å². The van der Waals surface area contributed by atoms with Gasteiger partial charge in [-0.2, -0.15) is 0 Å². The van der Waals surface area contributed by atoms with Crippen molar-refractivity contribution in [2.45, 2.75) is 32.3 Å². The van der Waals surface area contributed by atoms with Gasteiger partial charge in [-0.25, -0.2) is 5.10 Å². The number of aromatic amines is 1. The van der Waals surface area contributed by atoms with Gasteiger partial charge in [-0.1, -0.05) is 26.0 Å². The van der Waals surface area contributed by atoms with E-state index in [1.807, 2.05) is 12.1 Å². The topological polar surface area (TPSA) is 74.1 Å². The van der Waals surface area contributed by atoms with Gasteiger partial charge in [0.05, 0.1) is 12.5 Å². The maximum absolute atomic E-state index is 9.91. The second kappa shape index (κ2) is 6.67. The number of anilines is 1. The van der Waals surface area contributed by atoms with Crippen molar-refractivity contribution >= 4 is 17.9 Å². The van der Waals surface area contributed by atoms with Gasteiger partial charge < -0.3 is 14.8 Å². The summed E-state index contributed by atoms with van der Waals surface area (Å²) in [5, 5.41) is 19.5. The van der Waals surface area contributed by atoms with E-state index in [1.54, 1.807) is 0 Å². The van der Waals surface area contributed by atoms with E-state index in [9.17, 15) is 5.11 Å². The van der Waals surface area contributed by atoms with Crippen molar-refractivity contribution in [1.82, 2.24) is 10.2 Å². The Hall–Kier alpha value is -1.66. The first kappa shape index (κ1) is 14.7. The summed E-state index contributed by atoms with van der Waals surface area (Å²) in [5.41, 5.74) is 2.28. The summed E-state index contributed by atoms with van der Waals surface area (Å²) < 4.78 is 5.11. The fourth-order valence-corrected chi connectivity index (χ4v) is 1.99. The van der Waals surface area contributed by atoms with E-state index in [4.69, 9.17) is 16.6 Å². The first-order valence-corrected chi connectivity index (χ1v) is 7.01. The van der Waals surface area contributed by atoms with Gasteiger partial charge in [-0.3, -0.25) is 0 Å². The first-order chi connectivity index (χ1) is 9.54. The molecule has 0 aliphatic carbocycles. The number of aliphatic hydroxyl groups is 1. The molecular weight excluding hydrogens is 274 g/mol. The smallest absolute Gasteiger partial charge is 0.284 e. The Labute approximate surface area is 123 Å². The van der Waals surface area contributed by atoms with Gasteiger partial charge in [-0.05, 0) is 35.8 Å². The summed E-state index contributed by atoms with van der Waals surface area (Å²) >= 11 is 4.78. The predicted molar refractivity (Wildman–Crippen MR) is 80.4 cm³/mol. The fourth-order valence-electron chi connectivity index (χ4n) is 1.84. The molecule has 0 aliphatic heterocycles. The summed E-state index contributed by atoms with van der Waals surface area (Å²) in [4.78, 5) is 0.226. The van der Waals surface area contributed by atoms with Crippen molar-refractivity contribution in [3.8, 4) is 0 Å². The minimum Gasteiger partial charge on any atom is -0.414 e. The third-order valence-electron chi connectivity index (χ3n) is 3.01. The highest BCUT2D eigenvalue weighted by Gasteiger charge is 2.09. The molecule has 0 spiro atoms. The van der Waals surface area contributed by atoms with Crippen LogP contribution in [0.25, 0.3) is 0 Å². The zero-order valence-electron chi connectivity index (χ0n) is 11.6. The SMILES string of the molecule is CC(C)c1ccc(NCC(O)Cc2n[nH]c(=S)o2)cc1. The van der Waals surface area contributed by atoms with Gasteiger partial charge in [0.15, 0.2) is 0 Å². The monoisotopic (exact) mass is 293 g/mol. The summed E-state index contributed by atoms with van der Waals surface area (Å²) in [6, 6.07) is 8.21. The average molecular weight is 293 g/mol. The van der Waals surface area contributed by atoms with Crippen LogP contribution in [0.5, 0.6) is 0 Å². The van der Waals surface area contributed by atoms with Crippen molar-refractivity contribution in [3.05, 3.63) is 40.6 Å². The zero-order chi connectivity index (χ0) is 14.5. The quantitative estimate of drug-likeness (QED) is 0.714. The van der Waals surface area contributed by atoms with E-state index in [2.05, 4.69) is 41.5 Å². The highest BCUT2D eigenvalue weighted by molar-refractivity contribution is 7.71. The van der Waals surface area contributed by atoms with Crippen LogP contribution in [0.15, 0.2) is 28.7 Å². The Balaban J connectivity index is 1.83. The molecule has 3 N–H and O–H groups in total. The van der Waals surface area contributed by atoms with Crippen molar-refractivity contribution in [3.63, 3.8) is 0 Å². The summed E-state index contributed by atoms with van der Waals surface area (Å²) in [6.07, 6.45) is -0.259. The zero-order valence-corrected chi connectivity index (χ0v) is 12.4. The third-order valence-corrected chi connectivity index (χ3v) is 3.19. The lowest BCUT2D eigenvalue weighted by atomic mass is 10.0. The highest BCUT2D eigenvalue weighted by Crippen LogP contribution is 2.17. The molecule has 1 unspecified atom stereocenters. The lowest BCUT2D eigenvalue weighted by Gasteiger charge is -2.12. The Morgan fingerprint density at radius 3 is 2.60 bits per heavy atom. The van der Waals surface area contributed by atoms with E-state index >= 15 is 0 Å². The molecule has 0 radical (unpaired) electrons. The standard InChI is InChI=1S/C14H19N3O2S/c1-9(2)10-3-5-11(6-4-10)15-8-12(18)7-13-16-17-14(20)19-13/h3-6,9,12,15,18H,7-8H2,1-2H3,(H,17,20). The number of H-pyrrole nitrogens is 1. The normalized spacial score (nSPS) is 12.6.